The van der Waals surface area contributed by atoms with Gasteiger partial charge in [0.15, 0.2) is 11.5 Å². The van der Waals surface area contributed by atoms with Crippen molar-refractivity contribution in [2.75, 3.05) is 18.6 Å². The Morgan fingerprint density at radius 1 is 1.47 bits per heavy atom. The van der Waals surface area contributed by atoms with Gasteiger partial charge in [-0.15, -0.1) is 10.2 Å². The average molecular weight is 265 g/mol. The van der Waals surface area contributed by atoms with Crippen LogP contribution in [-0.2, 0) is 0 Å². The largest absolute Gasteiger partial charge is 0.396 e. The summed E-state index contributed by atoms with van der Waals surface area (Å²) in [6.45, 7) is 0.636. The van der Waals surface area contributed by atoms with Crippen LogP contribution in [0.4, 0.5) is 5.82 Å². The second kappa shape index (κ2) is 6.44. The number of nitrogen functional groups attached to an aromatic ring is 1. The van der Waals surface area contributed by atoms with Crippen LogP contribution in [0.2, 0.25) is 0 Å². The lowest BCUT2D eigenvalue weighted by Gasteiger charge is -2.37. The standard InChI is InChI=1S/C12H19N5O2/c13-14-11-6-5-10(15-16-11)12(19)17(7-2-8-18)9-3-1-4-9/h5-6,9,18H,1-4,7-8,13H2,(H,14,16). The van der Waals surface area contributed by atoms with E-state index in [1.165, 1.54) is 0 Å². The molecule has 1 saturated carbocycles. The van der Waals surface area contributed by atoms with Crippen molar-refractivity contribution in [3.8, 4) is 0 Å². The topological polar surface area (TPSA) is 104 Å². The number of aromatic nitrogens is 2. The number of nitrogens with two attached hydrogens (primary N) is 1. The Balaban J connectivity index is 2.08. The molecule has 1 amide bonds. The summed E-state index contributed by atoms with van der Waals surface area (Å²) in [6.07, 6.45) is 3.77. The quantitative estimate of drug-likeness (QED) is 0.499. The second-order valence-electron chi connectivity index (χ2n) is 4.61. The van der Waals surface area contributed by atoms with Crippen LogP contribution in [-0.4, -0.2) is 45.3 Å². The summed E-state index contributed by atoms with van der Waals surface area (Å²) in [5.74, 6) is 5.49. The summed E-state index contributed by atoms with van der Waals surface area (Å²) in [6, 6.07) is 3.49. The molecule has 1 fully saturated rings. The van der Waals surface area contributed by atoms with E-state index in [0.29, 0.717) is 24.5 Å². The number of hydrogen-bond donors (Lipinski definition) is 3. The van der Waals surface area contributed by atoms with Gasteiger partial charge < -0.3 is 15.4 Å². The highest BCUT2D eigenvalue weighted by atomic mass is 16.3. The number of hydrogen-bond acceptors (Lipinski definition) is 6. The van der Waals surface area contributed by atoms with Gasteiger partial charge in [-0.05, 0) is 37.8 Å². The van der Waals surface area contributed by atoms with E-state index in [-0.39, 0.29) is 18.6 Å². The summed E-state index contributed by atoms with van der Waals surface area (Å²) in [4.78, 5) is 14.2. The molecular weight excluding hydrogens is 246 g/mol. The van der Waals surface area contributed by atoms with Crippen molar-refractivity contribution in [3.63, 3.8) is 0 Å². The highest BCUT2D eigenvalue weighted by molar-refractivity contribution is 5.92. The summed E-state index contributed by atoms with van der Waals surface area (Å²) in [5, 5.41) is 16.6. The van der Waals surface area contributed by atoms with E-state index in [2.05, 4.69) is 15.6 Å². The van der Waals surface area contributed by atoms with Crippen molar-refractivity contribution in [3.05, 3.63) is 17.8 Å². The van der Waals surface area contributed by atoms with E-state index in [9.17, 15) is 4.79 Å². The number of nitrogens with zero attached hydrogens (tertiary/aromatic N) is 3. The van der Waals surface area contributed by atoms with Crippen molar-refractivity contribution in [2.24, 2.45) is 5.84 Å². The zero-order valence-electron chi connectivity index (χ0n) is 10.7. The Labute approximate surface area is 111 Å². The minimum Gasteiger partial charge on any atom is -0.396 e. The van der Waals surface area contributed by atoms with Crippen LogP contribution in [0.15, 0.2) is 12.1 Å². The zero-order chi connectivity index (χ0) is 13.7. The lowest BCUT2D eigenvalue weighted by atomic mass is 9.91. The zero-order valence-corrected chi connectivity index (χ0v) is 10.7. The molecule has 19 heavy (non-hydrogen) atoms. The van der Waals surface area contributed by atoms with Gasteiger partial charge in [-0.3, -0.25) is 4.79 Å². The summed E-state index contributed by atoms with van der Waals surface area (Å²) >= 11 is 0. The molecule has 0 bridgehead atoms. The van der Waals surface area contributed by atoms with Crippen LogP contribution in [0.25, 0.3) is 0 Å². The SMILES string of the molecule is NNc1ccc(C(=O)N(CCCO)C2CCC2)nn1. The molecule has 0 spiro atoms. The molecule has 2 rings (SSSR count). The van der Waals surface area contributed by atoms with Crippen LogP contribution in [0.5, 0.6) is 0 Å². The fourth-order valence-electron chi connectivity index (χ4n) is 2.06. The molecule has 0 radical (unpaired) electrons. The van der Waals surface area contributed by atoms with Gasteiger partial charge in [0.1, 0.15) is 0 Å². The third-order valence-electron chi connectivity index (χ3n) is 3.37. The minimum atomic E-state index is -0.130. The van der Waals surface area contributed by atoms with Gasteiger partial charge in [-0.25, -0.2) is 5.84 Å². The van der Waals surface area contributed by atoms with Gasteiger partial charge in [0, 0.05) is 19.2 Å². The molecule has 0 atom stereocenters. The molecular formula is C12H19N5O2. The van der Waals surface area contributed by atoms with E-state index >= 15 is 0 Å². The Morgan fingerprint density at radius 3 is 2.74 bits per heavy atom. The van der Waals surface area contributed by atoms with Crippen LogP contribution in [0.3, 0.4) is 0 Å². The van der Waals surface area contributed by atoms with Crippen LogP contribution >= 0.6 is 0 Å². The highest BCUT2D eigenvalue weighted by Crippen LogP contribution is 2.26. The molecule has 1 aromatic rings. The predicted octanol–water partition coefficient (Wildman–Crippen LogP) is 0.139. The number of rotatable bonds is 6. The first kappa shape index (κ1) is 13.7. The normalized spacial score (nSPS) is 14.8. The Kier molecular flexibility index (Phi) is 4.64. The number of nitrogens with one attached hydrogen (secondary N) is 1. The van der Waals surface area contributed by atoms with E-state index < -0.39 is 0 Å². The Hall–Kier alpha value is -1.73. The second-order valence-corrected chi connectivity index (χ2v) is 4.61. The van der Waals surface area contributed by atoms with Gasteiger partial charge in [0.25, 0.3) is 5.91 Å². The molecule has 0 saturated heterocycles. The van der Waals surface area contributed by atoms with Gasteiger partial charge in [0.05, 0.1) is 0 Å². The lowest BCUT2D eigenvalue weighted by Crippen LogP contribution is -2.45. The minimum absolute atomic E-state index is 0.0816. The van der Waals surface area contributed by atoms with Crippen LogP contribution in [0.1, 0.15) is 36.2 Å². The maximum atomic E-state index is 12.4. The first-order valence-electron chi connectivity index (χ1n) is 6.48. The highest BCUT2D eigenvalue weighted by Gasteiger charge is 2.29. The molecule has 104 valence electrons. The number of aliphatic hydroxyl groups excluding tert-OH is 1. The maximum Gasteiger partial charge on any atom is 0.274 e. The summed E-state index contributed by atoms with van der Waals surface area (Å²) < 4.78 is 0. The number of carbonyl (C=O) groups excluding carboxylic acids is 1. The smallest absolute Gasteiger partial charge is 0.274 e. The fraction of sp³-hybridized carbons (Fsp3) is 0.583. The first-order valence-corrected chi connectivity index (χ1v) is 6.48. The fourth-order valence-corrected chi connectivity index (χ4v) is 2.06. The maximum absolute atomic E-state index is 12.4. The molecule has 1 aliphatic carbocycles. The van der Waals surface area contributed by atoms with E-state index in [0.717, 1.165) is 19.3 Å². The van der Waals surface area contributed by atoms with E-state index in [1.807, 2.05) is 0 Å². The average Bonchev–Trinajstić information content (AvgIpc) is 2.40. The number of hydrazine groups is 1. The lowest BCUT2D eigenvalue weighted by molar-refractivity contribution is 0.0555. The molecule has 4 N–H and O–H groups in total. The molecule has 7 heteroatoms. The number of carbonyl (C=O) groups is 1. The van der Waals surface area contributed by atoms with Crippen molar-refractivity contribution < 1.29 is 9.90 Å². The van der Waals surface area contributed by atoms with E-state index in [1.54, 1.807) is 17.0 Å². The van der Waals surface area contributed by atoms with Crippen molar-refractivity contribution in [2.45, 2.75) is 31.7 Å². The third-order valence-corrected chi connectivity index (χ3v) is 3.37. The van der Waals surface area contributed by atoms with Gasteiger partial charge in [-0.1, -0.05) is 0 Å². The molecule has 0 unspecified atom stereocenters. The van der Waals surface area contributed by atoms with Crippen LogP contribution in [0, 0.1) is 0 Å². The molecule has 1 heterocycles. The predicted molar refractivity (Wildman–Crippen MR) is 70.2 cm³/mol. The van der Waals surface area contributed by atoms with Gasteiger partial charge in [-0.2, -0.15) is 0 Å². The van der Waals surface area contributed by atoms with Crippen molar-refractivity contribution in [1.82, 2.24) is 15.1 Å². The monoisotopic (exact) mass is 265 g/mol. The van der Waals surface area contributed by atoms with Gasteiger partial charge >= 0.3 is 0 Å². The molecule has 0 aliphatic heterocycles. The van der Waals surface area contributed by atoms with Gasteiger partial charge in [0.2, 0.25) is 0 Å². The molecule has 7 nitrogen and oxygen atoms in total. The Bertz CT molecular complexity index is 419. The van der Waals surface area contributed by atoms with Crippen molar-refractivity contribution in [1.29, 1.82) is 0 Å². The molecule has 1 aromatic heterocycles. The number of anilines is 1. The van der Waals surface area contributed by atoms with E-state index in [4.69, 9.17) is 10.9 Å². The summed E-state index contributed by atoms with van der Waals surface area (Å²) in [5.41, 5.74) is 2.68. The number of aliphatic hydroxyl groups is 1. The molecule has 0 aromatic carbocycles. The Morgan fingerprint density at radius 2 is 2.26 bits per heavy atom. The van der Waals surface area contributed by atoms with Crippen LogP contribution < -0.4 is 11.3 Å². The molecule has 1 aliphatic rings. The summed E-state index contributed by atoms with van der Waals surface area (Å²) in [7, 11) is 0. The van der Waals surface area contributed by atoms with Crippen molar-refractivity contribution >= 4 is 11.7 Å². The first-order chi connectivity index (χ1) is 9.26. The third kappa shape index (κ3) is 3.18. The number of amides is 1.